The van der Waals surface area contributed by atoms with Crippen molar-refractivity contribution >= 4 is 5.97 Å². The van der Waals surface area contributed by atoms with E-state index in [0.717, 1.165) is 31.2 Å². The summed E-state index contributed by atoms with van der Waals surface area (Å²) < 4.78 is 4.89. The molecule has 2 rings (SSSR count). The second-order valence-electron chi connectivity index (χ2n) is 5.21. The number of carbonyl (C=O) groups excluding carboxylic acids is 1. The third-order valence-corrected chi connectivity index (χ3v) is 3.65. The Bertz CT molecular complexity index is 421. The lowest BCUT2D eigenvalue weighted by Crippen LogP contribution is -2.35. The largest absolute Gasteiger partial charge is 0.468 e. The zero-order chi connectivity index (χ0) is 14.4. The van der Waals surface area contributed by atoms with E-state index in [-0.39, 0.29) is 18.1 Å². The van der Waals surface area contributed by atoms with Crippen molar-refractivity contribution in [1.82, 2.24) is 5.06 Å². The molecule has 1 aliphatic rings. The predicted molar refractivity (Wildman–Crippen MR) is 76.8 cm³/mol. The van der Waals surface area contributed by atoms with Crippen LogP contribution < -0.4 is 0 Å². The molecule has 1 saturated heterocycles. The SMILES string of the molecule is CCCC[C@@H]1C[C@@H](C(=O)OC)N(Cc2ccccc2)O1. The highest BCUT2D eigenvalue weighted by molar-refractivity contribution is 5.75. The molecule has 1 aromatic carbocycles. The van der Waals surface area contributed by atoms with Gasteiger partial charge in [-0.05, 0) is 12.0 Å². The predicted octanol–water partition coefficient (Wildman–Crippen LogP) is 2.92. The Morgan fingerprint density at radius 2 is 2.15 bits per heavy atom. The fourth-order valence-corrected chi connectivity index (χ4v) is 2.54. The van der Waals surface area contributed by atoms with Crippen molar-refractivity contribution in [3.8, 4) is 0 Å². The standard InChI is InChI=1S/C16H23NO3/c1-3-4-10-14-11-15(16(18)19-2)17(20-14)12-13-8-6-5-7-9-13/h5-9,14-15H,3-4,10-12H2,1-2H3/t14-,15+/m1/s1. The first-order valence-electron chi connectivity index (χ1n) is 7.29. The zero-order valence-corrected chi connectivity index (χ0v) is 12.2. The summed E-state index contributed by atoms with van der Waals surface area (Å²) >= 11 is 0. The highest BCUT2D eigenvalue weighted by Crippen LogP contribution is 2.27. The van der Waals surface area contributed by atoms with Gasteiger partial charge in [-0.15, -0.1) is 0 Å². The maximum Gasteiger partial charge on any atom is 0.325 e. The molecule has 0 unspecified atom stereocenters. The van der Waals surface area contributed by atoms with Crippen LogP contribution in [0.25, 0.3) is 0 Å². The van der Waals surface area contributed by atoms with Crippen molar-refractivity contribution in [1.29, 1.82) is 0 Å². The summed E-state index contributed by atoms with van der Waals surface area (Å²) in [4.78, 5) is 17.8. The molecule has 4 heteroatoms. The van der Waals surface area contributed by atoms with Gasteiger partial charge in [-0.1, -0.05) is 50.1 Å². The van der Waals surface area contributed by atoms with Crippen molar-refractivity contribution in [3.05, 3.63) is 35.9 Å². The zero-order valence-electron chi connectivity index (χ0n) is 12.2. The van der Waals surface area contributed by atoms with Gasteiger partial charge < -0.3 is 4.74 Å². The normalized spacial score (nSPS) is 22.9. The smallest absolute Gasteiger partial charge is 0.325 e. The first-order chi connectivity index (χ1) is 9.74. The Hall–Kier alpha value is -1.39. The number of esters is 1. The third kappa shape index (κ3) is 3.81. The van der Waals surface area contributed by atoms with E-state index in [2.05, 4.69) is 6.92 Å². The molecule has 0 bridgehead atoms. The average Bonchev–Trinajstić information content (AvgIpc) is 2.88. The van der Waals surface area contributed by atoms with Crippen LogP contribution in [0.3, 0.4) is 0 Å². The van der Waals surface area contributed by atoms with Gasteiger partial charge in [0.2, 0.25) is 0 Å². The van der Waals surface area contributed by atoms with E-state index in [9.17, 15) is 4.79 Å². The van der Waals surface area contributed by atoms with Crippen molar-refractivity contribution in [2.45, 2.75) is 51.3 Å². The van der Waals surface area contributed by atoms with Crippen molar-refractivity contribution < 1.29 is 14.4 Å². The van der Waals surface area contributed by atoms with Gasteiger partial charge in [0.15, 0.2) is 0 Å². The van der Waals surface area contributed by atoms with E-state index < -0.39 is 0 Å². The Labute approximate surface area is 120 Å². The number of methoxy groups -OCH3 is 1. The van der Waals surface area contributed by atoms with Gasteiger partial charge in [-0.2, -0.15) is 5.06 Å². The Morgan fingerprint density at radius 3 is 2.80 bits per heavy atom. The second kappa shape index (κ2) is 7.41. The van der Waals surface area contributed by atoms with Crippen LogP contribution in [0.4, 0.5) is 0 Å². The molecule has 0 radical (unpaired) electrons. The van der Waals surface area contributed by atoms with E-state index in [1.165, 1.54) is 7.11 Å². The van der Waals surface area contributed by atoms with Crippen LogP contribution in [0.2, 0.25) is 0 Å². The highest BCUT2D eigenvalue weighted by Gasteiger charge is 2.38. The molecule has 110 valence electrons. The summed E-state index contributed by atoms with van der Waals surface area (Å²) in [5.41, 5.74) is 1.14. The molecule has 0 N–H and O–H groups in total. The first-order valence-corrected chi connectivity index (χ1v) is 7.29. The number of hydroxylamine groups is 2. The quantitative estimate of drug-likeness (QED) is 0.749. The number of hydrogen-bond acceptors (Lipinski definition) is 4. The van der Waals surface area contributed by atoms with Gasteiger partial charge in [0, 0.05) is 6.42 Å². The number of unbranched alkanes of at least 4 members (excludes halogenated alkanes) is 1. The van der Waals surface area contributed by atoms with Gasteiger partial charge in [0.1, 0.15) is 6.04 Å². The third-order valence-electron chi connectivity index (χ3n) is 3.65. The molecule has 0 saturated carbocycles. The van der Waals surface area contributed by atoms with Gasteiger partial charge in [0.05, 0.1) is 19.8 Å². The van der Waals surface area contributed by atoms with E-state index >= 15 is 0 Å². The summed E-state index contributed by atoms with van der Waals surface area (Å²) in [7, 11) is 1.43. The Balaban J connectivity index is 2.01. The number of benzene rings is 1. The molecule has 0 spiro atoms. The summed E-state index contributed by atoms with van der Waals surface area (Å²) in [5, 5.41) is 1.78. The molecule has 1 aromatic rings. The average molecular weight is 277 g/mol. The maximum atomic E-state index is 11.9. The van der Waals surface area contributed by atoms with Crippen molar-refractivity contribution in [2.24, 2.45) is 0 Å². The molecule has 0 amide bonds. The van der Waals surface area contributed by atoms with Crippen LogP contribution in [0.15, 0.2) is 30.3 Å². The second-order valence-corrected chi connectivity index (χ2v) is 5.21. The van der Waals surface area contributed by atoms with Crippen LogP contribution >= 0.6 is 0 Å². The molecular weight excluding hydrogens is 254 g/mol. The van der Waals surface area contributed by atoms with E-state index in [0.29, 0.717) is 6.54 Å². The van der Waals surface area contributed by atoms with Gasteiger partial charge in [-0.25, -0.2) is 0 Å². The number of carbonyl (C=O) groups is 1. The monoisotopic (exact) mass is 277 g/mol. The molecule has 0 aromatic heterocycles. The molecule has 1 fully saturated rings. The van der Waals surface area contributed by atoms with Crippen molar-refractivity contribution in [2.75, 3.05) is 7.11 Å². The van der Waals surface area contributed by atoms with Gasteiger partial charge >= 0.3 is 5.97 Å². The van der Waals surface area contributed by atoms with Crippen LogP contribution in [0.5, 0.6) is 0 Å². The fourth-order valence-electron chi connectivity index (χ4n) is 2.54. The summed E-state index contributed by atoms with van der Waals surface area (Å²) in [5.74, 6) is -0.208. The fraction of sp³-hybridized carbons (Fsp3) is 0.562. The Morgan fingerprint density at radius 1 is 1.40 bits per heavy atom. The minimum atomic E-state index is -0.290. The Kier molecular flexibility index (Phi) is 5.56. The minimum absolute atomic E-state index is 0.128. The molecule has 4 nitrogen and oxygen atoms in total. The molecule has 1 heterocycles. The molecule has 2 atom stereocenters. The van der Waals surface area contributed by atoms with E-state index in [1.807, 2.05) is 30.3 Å². The number of rotatable bonds is 6. The number of nitrogens with zero attached hydrogens (tertiary/aromatic N) is 1. The molecule has 1 aliphatic heterocycles. The molecule has 20 heavy (non-hydrogen) atoms. The lowest BCUT2D eigenvalue weighted by Gasteiger charge is -2.21. The first kappa shape index (κ1) is 15.0. The van der Waals surface area contributed by atoms with Crippen LogP contribution in [-0.4, -0.2) is 30.3 Å². The lowest BCUT2D eigenvalue weighted by molar-refractivity contribution is -0.185. The minimum Gasteiger partial charge on any atom is -0.468 e. The number of hydrogen-bond donors (Lipinski definition) is 0. The van der Waals surface area contributed by atoms with E-state index in [1.54, 1.807) is 5.06 Å². The van der Waals surface area contributed by atoms with Gasteiger partial charge in [-0.3, -0.25) is 9.63 Å². The molecular formula is C16H23NO3. The number of ether oxygens (including phenoxy) is 1. The van der Waals surface area contributed by atoms with Crippen LogP contribution in [0, 0.1) is 0 Å². The lowest BCUT2D eigenvalue weighted by atomic mass is 10.1. The molecule has 0 aliphatic carbocycles. The maximum absolute atomic E-state index is 11.9. The van der Waals surface area contributed by atoms with Crippen LogP contribution in [-0.2, 0) is 20.9 Å². The van der Waals surface area contributed by atoms with Gasteiger partial charge in [0.25, 0.3) is 0 Å². The van der Waals surface area contributed by atoms with Crippen molar-refractivity contribution in [3.63, 3.8) is 0 Å². The summed E-state index contributed by atoms with van der Waals surface area (Å²) in [6.07, 6.45) is 4.11. The summed E-state index contributed by atoms with van der Waals surface area (Å²) in [6, 6.07) is 9.76. The van der Waals surface area contributed by atoms with Crippen LogP contribution in [0.1, 0.15) is 38.2 Å². The topological polar surface area (TPSA) is 38.8 Å². The van der Waals surface area contributed by atoms with E-state index in [4.69, 9.17) is 9.57 Å². The summed E-state index contributed by atoms with van der Waals surface area (Å²) in [6.45, 7) is 2.78. The highest BCUT2D eigenvalue weighted by atomic mass is 16.7.